The van der Waals surface area contributed by atoms with E-state index in [0.29, 0.717) is 18.7 Å². The summed E-state index contributed by atoms with van der Waals surface area (Å²) in [6.45, 7) is 1.15. The lowest BCUT2D eigenvalue weighted by Gasteiger charge is -2.28. The number of carbonyl (C=O) groups is 3. The molecule has 4 aromatic carbocycles. The largest absolute Gasteiger partial charge is 0.453 e. The molecule has 0 saturated carbocycles. The highest BCUT2D eigenvalue weighted by atomic mass is 17.2. The van der Waals surface area contributed by atoms with E-state index < -0.39 is 18.2 Å². The van der Waals surface area contributed by atoms with Crippen molar-refractivity contribution in [2.75, 3.05) is 27.3 Å². The molecule has 2 aromatic heterocycles. The van der Waals surface area contributed by atoms with Crippen LogP contribution in [-0.2, 0) is 24.1 Å². The molecule has 2 aliphatic heterocycles. The number of nitrogens with zero attached hydrogens (tertiary/aromatic N) is 5. The minimum absolute atomic E-state index is 0.138. The van der Waals surface area contributed by atoms with E-state index in [9.17, 15) is 14.4 Å². The van der Waals surface area contributed by atoms with Crippen LogP contribution in [0.2, 0.25) is 0 Å². The summed E-state index contributed by atoms with van der Waals surface area (Å²) in [5.41, 5.74) is 7.20. The molecule has 2 aliphatic rings. The van der Waals surface area contributed by atoms with Crippen molar-refractivity contribution in [3.05, 3.63) is 143 Å². The highest BCUT2D eigenvalue weighted by Gasteiger charge is 2.38. The number of H-pyrrole nitrogens is 2. The first-order valence-electron chi connectivity index (χ1n) is 19.8. The number of ether oxygens (including phenoxy) is 1. The van der Waals surface area contributed by atoms with Crippen molar-refractivity contribution in [2.45, 2.75) is 49.9 Å². The normalized spacial score (nSPS) is 17.3. The predicted molar refractivity (Wildman–Crippen MR) is 224 cm³/mol. The first kappa shape index (κ1) is 39.6. The highest BCUT2D eigenvalue weighted by molar-refractivity contribution is 5.88. The Bertz CT molecular complexity index is 2540. The number of likely N-dealkylation sites (tertiary alicyclic amines) is 2. The van der Waals surface area contributed by atoms with Crippen LogP contribution in [0.3, 0.4) is 0 Å². The van der Waals surface area contributed by atoms with Crippen LogP contribution in [0.25, 0.3) is 22.3 Å². The number of imidazole rings is 1. The van der Waals surface area contributed by atoms with Crippen LogP contribution in [0.4, 0.5) is 4.79 Å². The van der Waals surface area contributed by atoms with E-state index in [1.54, 1.807) is 4.90 Å². The molecule has 0 aliphatic carbocycles. The monoisotopic (exact) mass is 804 g/mol. The molecule has 0 radical (unpaired) electrons. The Hall–Kier alpha value is -7.24. The van der Waals surface area contributed by atoms with E-state index in [1.807, 2.05) is 114 Å². The Balaban J connectivity index is 0.939. The Morgan fingerprint density at radius 1 is 0.817 bits per heavy atom. The fourth-order valence-electron chi connectivity index (χ4n) is 7.94. The summed E-state index contributed by atoms with van der Waals surface area (Å²) in [4.78, 5) is 65.9. The summed E-state index contributed by atoms with van der Waals surface area (Å²) in [7, 11) is 2.66. The zero-order chi connectivity index (χ0) is 41.4. The van der Waals surface area contributed by atoms with Gasteiger partial charge in [0.2, 0.25) is 12.3 Å². The average molecular weight is 805 g/mol. The first-order chi connectivity index (χ1) is 29.4. The van der Waals surface area contributed by atoms with Gasteiger partial charge in [-0.3, -0.25) is 14.7 Å². The van der Waals surface area contributed by atoms with Crippen LogP contribution < -0.4 is 5.32 Å². The maximum Gasteiger partial charge on any atom is 0.407 e. The van der Waals surface area contributed by atoms with E-state index in [0.717, 1.165) is 82.6 Å². The van der Waals surface area contributed by atoms with Crippen molar-refractivity contribution in [1.29, 1.82) is 0 Å². The van der Waals surface area contributed by atoms with Gasteiger partial charge in [-0.1, -0.05) is 84.6 Å². The van der Waals surface area contributed by atoms with Crippen LogP contribution in [0.15, 0.2) is 114 Å². The van der Waals surface area contributed by atoms with Crippen molar-refractivity contribution >= 4 is 35.3 Å². The molecule has 60 heavy (non-hydrogen) atoms. The number of benzene rings is 4. The molecular weight excluding hydrogens is 761 g/mol. The van der Waals surface area contributed by atoms with Gasteiger partial charge in [0.05, 0.1) is 48.7 Å². The predicted octanol–water partition coefficient (Wildman–Crippen LogP) is 7.12. The van der Waals surface area contributed by atoms with Crippen LogP contribution in [0, 0.1) is 11.8 Å². The summed E-state index contributed by atoms with van der Waals surface area (Å²) in [6.07, 6.45) is 3.69. The van der Waals surface area contributed by atoms with E-state index in [4.69, 9.17) is 14.6 Å². The standard InChI is InChI=1S/C46H44N8O6/c1-58-46(57)50-42(34-13-7-4-8-14-34)45(56)53-25-9-15-39(53)38-28-36(51-52-38)32-22-19-30(20-23-32)17-18-31-21-24-35-37(27-31)49-43(48-35)40-16-10-26-54(40)44(55)41(47-29-60-59-2)33-11-5-3-6-12-33/h3-8,11-14,19-24,27-29,39-42H,9-10,15-16,25-26H2,1-2H3,(H,48,49)(H,50,57)(H,51,52)/b47-29-/t39-,40-,41+,42+/m0/s1. The molecule has 14 heteroatoms. The molecule has 3 N–H and O–H groups in total. The quantitative estimate of drug-likeness (QED) is 0.0409. The molecule has 6 aromatic rings. The number of hydrogen-bond donors (Lipinski definition) is 3. The van der Waals surface area contributed by atoms with Gasteiger partial charge in [-0.05, 0) is 73.2 Å². The minimum Gasteiger partial charge on any atom is -0.453 e. The average Bonchev–Trinajstić information content (AvgIpc) is 4.13. The molecule has 2 fully saturated rings. The van der Waals surface area contributed by atoms with Crippen molar-refractivity contribution in [3.8, 4) is 23.1 Å². The minimum atomic E-state index is -0.878. The Morgan fingerprint density at radius 2 is 1.48 bits per heavy atom. The summed E-state index contributed by atoms with van der Waals surface area (Å²) in [5.74, 6) is 6.91. The second kappa shape index (κ2) is 18.1. The summed E-state index contributed by atoms with van der Waals surface area (Å²) in [6, 6.07) is 32.2. The topological polar surface area (TPSA) is 167 Å². The number of fused-ring (bicyclic) bond motifs is 1. The number of amides is 3. The van der Waals surface area contributed by atoms with Crippen LogP contribution >= 0.6 is 0 Å². The lowest BCUT2D eigenvalue weighted by atomic mass is 10.0. The number of carbonyl (C=O) groups excluding carboxylic acids is 3. The molecule has 8 rings (SSSR count). The van der Waals surface area contributed by atoms with Crippen LogP contribution in [0.1, 0.15) is 83.6 Å². The molecule has 14 nitrogen and oxygen atoms in total. The lowest BCUT2D eigenvalue weighted by Crippen LogP contribution is -2.42. The van der Waals surface area contributed by atoms with Gasteiger partial charge in [0.15, 0.2) is 6.04 Å². The number of rotatable bonds is 11. The van der Waals surface area contributed by atoms with Crippen molar-refractivity contribution in [2.24, 2.45) is 4.99 Å². The molecule has 4 heterocycles. The van der Waals surface area contributed by atoms with Crippen molar-refractivity contribution in [3.63, 3.8) is 0 Å². The summed E-state index contributed by atoms with van der Waals surface area (Å²) < 4.78 is 4.82. The third kappa shape index (κ3) is 8.62. The maximum absolute atomic E-state index is 13.9. The van der Waals surface area contributed by atoms with Gasteiger partial charge >= 0.3 is 6.09 Å². The second-order valence-corrected chi connectivity index (χ2v) is 14.6. The van der Waals surface area contributed by atoms with E-state index in [-0.39, 0.29) is 23.9 Å². The number of aromatic nitrogens is 4. The van der Waals surface area contributed by atoms with Crippen molar-refractivity contribution in [1.82, 2.24) is 35.3 Å². The lowest BCUT2D eigenvalue weighted by molar-refractivity contribution is -0.188. The number of aromatic amines is 2. The van der Waals surface area contributed by atoms with Gasteiger partial charge in [-0.25, -0.2) is 14.8 Å². The summed E-state index contributed by atoms with van der Waals surface area (Å²) in [5, 5.41) is 10.5. The van der Waals surface area contributed by atoms with Gasteiger partial charge in [0.1, 0.15) is 11.9 Å². The first-order valence-corrected chi connectivity index (χ1v) is 19.8. The smallest absolute Gasteiger partial charge is 0.407 e. The molecule has 0 spiro atoms. The van der Waals surface area contributed by atoms with E-state index >= 15 is 0 Å². The van der Waals surface area contributed by atoms with E-state index in [1.165, 1.54) is 14.2 Å². The number of methoxy groups -OCH3 is 1. The fraction of sp³-hybridized carbons (Fsp3) is 0.261. The van der Waals surface area contributed by atoms with Gasteiger partial charge in [-0.2, -0.15) is 9.99 Å². The molecule has 3 amide bonds. The third-order valence-corrected chi connectivity index (χ3v) is 10.9. The van der Waals surface area contributed by atoms with Crippen molar-refractivity contribution < 1.29 is 28.9 Å². The van der Waals surface area contributed by atoms with Crippen LogP contribution in [0.5, 0.6) is 0 Å². The summed E-state index contributed by atoms with van der Waals surface area (Å²) >= 11 is 0. The number of nitrogens with one attached hydrogen (secondary N) is 3. The Labute approximate surface area is 346 Å². The number of alkyl carbamates (subject to hydrolysis) is 1. The van der Waals surface area contributed by atoms with E-state index in [2.05, 4.69) is 42.2 Å². The SMILES string of the molecule is COO/C=N\[C@@H](C(=O)N1CCC[C@H]1c1nc2cc(C#Cc3ccc(-c4cc([C@@H]5CCCN5C(=O)[C@H](NC(=O)OC)c5ccccc5)[nH]n4)cc3)ccc2[nH]1)c1ccccc1. The molecule has 0 bridgehead atoms. The van der Waals surface area contributed by atoms with Gasteiger partial charge in [0, 0.05) is 29.8 Å². The molecule has 304 valence electrons. The Kier molecular flexibility index (Phi) is 12.0. The zero-order valence-corrected chi connectivity index (χ0v) is 33.2. The third-order valence-electron chi connectivity index (χ3n) is 10.9. The second-order valence-electron chi connectivity index (χ2n) is 14.6. The molecule has 0 unspecified atom stereocenters. The van der Waals surface area contributed by atoms with Gasteiger partial charge in [0.25, 0.3) is 5.91 Å². The molecular formula is C46H44N8O6. The number of aliphatic imine (C=N–C) groups is 1. The molecule has 2 saturated heterocycles. The highest BCUT2D eigenvalue weighted by Crippen LogP contribution is 2.36. The van der Waals surface area contributed by atoms with Gasteiger partial charge < -0.3 is 29.7 Å². The molecule has 4 atom stereocenters. The number of hydrogen-bond acceptors (Lipinski definition) is 9. The zero-order valence-electron chi connectivity index (χ0n) is 33.2. The van der Waals surface area contributed by atoms with Gasteiger partial charge in [-0.15, -0.1) is 0 Å². The Morgan fingerprint density at radius 3 is 2.20 bits per heavy atom. The fourth-order valence-corrected chi connectivity index (χ4v) is 7.94. The maximum atomic E-state index is 13.9. The van der Waals surface area contributed by atoms with Crippen LogP contribution in [-0.4, -0.2) is 81.6 Å².